The number of fused-ring (bicyclic) bond motifs is 3. The Morgan fingerprint density at radius 3 is 2.70 bits per heavy atom. The van der Waals surface area contributed by atoms with Gasteiger partial charge in [0, 0.05) is 29.7 Å². The van der Waals surface area contributed by atoms with Gasteiger partial charge in [0.2, 0.25) is 5.88 Å². The molecule has 0 spiro atoms. The maximum atomic E-state index is 15.1. The molecule has 156 valence electrons. The van der Waals surface area contributed by atoms with E-state index in [0.717, 1.165) is 12.8 Å². The number of hydrogen-bond donors (Lipinski definition) is 2. The average molecular weight is 410 g/mol. The molecular weight excluding hydrogens is 387 g/mol. The van der Waals surface area contributed by atoms with Crippen molar-refractivity contribution < 1.29 is 14.2 Å². The molecule has 1 saturated carbocycles. The number of aromatic nitrogens is 5. The number of alkyl halides is 1. The number of phenolic OH excluding ortho intramolecular Hbond substituents is 1. The zero-order valence-corrected chi connectivity index (χ0v) is 16.8. The second-order valence-corrected chi connectivity index (χ2v) is 8.67. The van der Waals surface area contributed by atoms with Crippen LogP contribution in [0.5, 0.6) is 11.6 Å². The number of aromatic hydroxyl groups is 1. The summed E-state index contributed by atoms with van der Waals surface area (Å²) in [5.74, 6) is 0.327. The van der Waals surface area contributed by atoms with E-state index >= 15 is 4.39 Å². The van der Waals surface area contributed by atoms with Gasteiger partial charge in [0.1, 0.15) is 11.9 Å². The fraction of sp³-hybridized carbons (Fsp3) is 0.429. The molecule has 2 bridgehead atoms. The second kappa shape index (κ2) is 6.73. The highest BCUT2D eigenvalue weighted by atomic mass is 19.1. The normalized spacial score (nSPS) is 30.4. The molecule has 1 aliphatic carbocycles. The topological polar surface area (TPSA) is 98.0 Å². The highest BCUT2D eigenvalue weighted by molar-refractivity contribution is 5.68. The van der Waals surface area contributed by atoms with Gasteiger partial charge in [0.15, 0.2) is 6.17 Å². The summed E-state index contributed by atoms with van der Waals surface area (Å²) in [6, 6.07) is 8.50. The molecule has 2 aliphatic heterocycles. The molecule has 0 amide bonds. The molecule has 4 atom stereocenters. The monoisotopic (exact) mass is 410 g/mol. The molecule has 30 heavy (non-hydrogen) atoms. The largest absolute Gasteiger partial charge is 0.507 e. The lowest BCUT2D eigenvalue weighted by molar-refractivity contribution is -0.120. The third kappa shape index (κ3) is 3.00. The van der Waals surface area contributed by atoms with Crippen molar-refractivity contribution in [3.8, 4) is 28.6 Å². The fourth-order valence-electron chi connectivity index (χ4n) is 4.38. The summed E-state index contributed by atoms with van der Waals surface area (Å²) < 4.78 is 22.7. The van der Waals surface area contributed by atoms with Gasteiger partial charge in [0.05, 0.1) is 29.3 Å². The quantitative estimate of drug-likeness (QED) is 0.682. The number of rotatable bonds is 4. The van der Waals surface area contributed by atoms with Crippen LogP contribution in [0.3, 0.4) is 0 Å². The summed E-state index contributed by atoms with van der Waals surface area (Å²) in [5.41, 5.74) is 0.854. The SMILES string of the molecule is C[C@@]12CC[C@@](C)(NC1)[C@@H](F)[C@@H]2Oc1ccc(-c2ccc(-n3ccnn3)cc2O)nn1. The number of ether oxygens (including phenoxy) is 1. The van der Waals surface area contributed by atoms with E-state index in [0.29, 0.717) is 23.5 Å². The number of hydrogen-bond acceptors (Lipinski definition) is 7. The van der Waals surface area contributed by atoms with Crippen LogP contribution in [-0.4, -0.2) is 54.7 Å². The molecule has 8 nitrogen and oxygen atoms in total. The second-order valence-electron chi connectivity index (χ2n) is 8.67. The van der Waals surface area contributed by atoms with Gasteiger partial charge in [-0.1, -0.05) is 12.1 Å². The zero-order chi connectivity index (χ0) is 20.9. The first-order chi connectivity index (χ1) is 14.4. The van der Waals surface area contributed by atoms with Crippen molar-refractivity contribution in [1.29, 1.82) is 0 Å². The van der Waals surface area contributed by atoms with Gasteiger partial charge in [-0.3, -0.25) is 0 Å². The van der Waals surface area contributed by atoms with E-state index in [-0.39, 0.29) is 17.0 Å². The Hall–Kier alpha value is -3.07. The first-order valence-electron chi connectivity index (χ1n) is 9.98. The average Bonchev–Trinajstić information content (AvgIpc) is 3.28. The highest BCUT2D eigenvalue weighted by Crippen LogP contribution is 2.48. The third-order valence-corrected chi connectivity index (χ3v) is 6.51. The maximum Gasteiger partial charge on any atom is 0.233 e. The first-order valence-corrected chi connectivity index (χ1v) is 9.98. The Bertz CT molecular complexity index is 1050. The van der Waals surface area contributed by atoms with Crippen molar-refractivity contribution in [2.45, 2.75) is 44.5 Å². The van der Waals surface area contributed by atoms with Gasteiger partial charge in [0.25, 0.3) is 0 Å². The van der Waals surface area contributed by atoms with E-state index in [1.165, 1.54) is 0 Å². The minimum absolute atomic E-state index is 0.0471. The van der Waals surface area contributed by atoms with E-state index in [1.54, 1.807) is 47.4 Å². The summed E-state index contributed by atoms with van der Waals surface area (Å²) in [6.45, 7) is 4.67. The van der Waals surface area contributed by atoms with Crippen LogP contribution in [0.15, 0.2) is 42.7 Å². The molecule has 2 N–H and O–H groups in total. The molecule has 1 aromatic carbocycles. The molecule has 0 radical (unpaired) electrons. The smallest absolute Gasteiger partial charge is 0.233 e. The number of halogens is 1. The molecule has 3 aliphatic rings. The van der Waals surface area contributed by atoms with E-state index < -0.39 is 17.8 Å². The van der Waals surface area contributed by atoms with Crippen molar-refractivity contribution >= 4 is 0 Å². The molecule has 2 saturated heterocycles. The van der Waals surface area contributed by atoms with Crippen LogP contribution >= 0.6 is 0 Å². The van der Waals surface area contributed by atoms with E-state index in [4.69, 9.17) is 4.74 Å². The van der Waals surface area contributed by atoms with Gasteiger partial charge >= 0.3 is 0 Å². The summed E-state index contributed by atoms with van der Waals surface area (Å²) in [6.07, 6.45) is 3.24. The van der Waals surface area contributed by atoms with E-state index in [2.05, 4.69) is 25.8 Å². The van der Waals surface area contributed by atoms with Crippen LogP contribution in [-0.2, 0) is 0 Å². The van der Waals surface area contributed by atoms with Crippen LogP contribution in [0.2, 0.25) is 0 Å². The molecule has 9 heteroatoms. The van der Waals surface area contributed by atoms with Crippen molar-refractivity contribution in [2.75, 3.05) is 6.54 Å². The number of nitrogens with one attached hydrogen (secondary N) is 1. The van der Waals surface area contributed by atoms with E-state index in [9.17, 15) is 5.11 Å². The summed E-state index contributed by atoms with van der Waals surface area (Å²) in [5, 5.41) is 29.7. The van der Waals surface area contributed by atoms with Gasteiger partial charge < -0.3 is 15.2 Å². The minimum Gasteiger partial charge on any atom is -0.507 e. The summed E-state index contributed by atoms with van der Waals surface area (Å²) in [7, 11) is 0. The van der Waals surface area contributed by atoms with Crippen molar-refractivity contribution in [3.63, 3.8) is 0 Å². The standard InChI is InChI=1S/C21H23FN6O2/c1-20-7-8-21(2,23-12-20)18(22)19(20)30-17-6-5-15(25-26-17)14-4-3-13(11-16(14)29)28-10-9-24-27-28/h3-6,9-11,18-19,23,29H,7-8,12H2,1-2H3/t18-,19-,20+,21+/m0/s1. The number of phenols is 1. The molecule has 2 aromatic heterocycles. The van der Waals surface area contributed by atoms with Gasteiger partial charge in [-0.2, -0.15) is 0 Å². The lowest BCUT2D eigenvalue weighted by Gasteiger charge is -2.56. The number of benzene rings is 1. The van der Waals surface area contributed by atoms with Crippen LogP contribution in [0, 0.1) is 5.41 Å². The lowest BCUT2D eigenvalue weighted by atomic mass is 9.61. The Labute approximate surface area is 173 Å². The Morgan fingerprint density at radius 1 is 1.20 bits per heavy atom. The molecule has 3 aromatic rings. The van der Waals surface area contributed by atoms with Gasteiger partial charge in [-0.25, -0.2) is 9.07 Å². The predicted octanol–water partition coefficient (Wildman–Crippen LogP) is 2.68. The molecule has 4 heterocycles. The van der Waals surface area contributed by atoms with Crippen LogP contribution < -0.4 is 10.1 Å². The Balaban J connectivity index is 1.36. The Kier molecular flexibility index (Phi) is 4.25. The zero-order valence-electron chi connectivity index (χ0n) is 16.8. The van der Waals surface area contributed by atoms with Crippen molar-refractivity contribution in [3.05, 3.63) is 42.7 Å². The van der Waals surface area contributed by atoms with Crippen molar-refractivity contribution in [1.82, 2.24) is 30.5 Å². The number of piperidine rings is 2. The van der Waals surface area contributed by atoms with Crippen LogP contribution in [0.25, 0.3) is 16.9 Å². The highest BCUT2D eigenvalue weighted by Gasteiger charge is 2.58. The van der Waals surface area contributed by atoms with Crippen LogP contribution in [0.1, 0.15) is 26.7 Å². The minimum atomic E-state index is -1.13. The van der Waals surface area contributed by atoms with Gasteiger partial charge in [-0.15, -0.1) is 15.3 Å². The predicted molar refractivity (Wildman–Crippen MR) is 107 cm³/mol. The summed E-state index contributed by atoms with van der Waals surface area (Å²) in [4.78, 5) is 0. The third-order valence-electron chi connectivity index (χ3n) is 6.51. The maximum absolute atomic E-state index is 15.1. The van der Waals surface area contributed by atoms with E-state index in [1.807, 2.05) is 13.8 Å². The lowest BCUT2D eigenvalue weighted by Crippen LogP contribution is -2.72. The Morgan fingerprint density at radius 2 is 2.07 bits per heavy atom. The summed E-state index contributed by atoms with van der Waals surface area (Å²) >= 11 is 0. The fourth-order valence-corrected chi connectivity index (χ4v) is 4.38. The molecule has 0 unspecified atom stereocenters. The van der Waals surface area contributed by atoms with Crippen molar-refractivity contribution in [2.24, 2.45) is 5.41 Å². The number of nitrogens with zero attached hydrogens (tertiary/aromatic N) is 5. The first kappa shape index (κ1) is 18.9. The molecule has 3 fully saturated rings. The van der Waals surface area contributed by atoms with Crippen LogP contribution in [0.4, 0.5) is 4.39 Å². The van der Waals surface area contributed by atoms with Gasteiger partial charge in [-0.05, 0) is 38.0 Å². The molecular formula is C21H23FN6O2. The molecule has 6 rings (SSSR count).